The molecule has 0 fully saturated rings. The molecule has 2 aromatic rings. The Morgan fingerprint density at radius 1 is 0.958 bits per heavy atom. The summed E-state index contributed by atoms with van der Waals surface area (Å²) in [5, 5.41) is 3.05. The third-order valence-electron chi connectivity index (χ3n) is 4.38. The van der Waals surface area contributed by atoms with Crippen LogP contribution in [0.3, 0.4) is 0 Å². The van der Waals surface area contributed by atoms with Gasteiger partial charge in [0.15, 0.2) is 6.10 Å². The van der Waals surface area contributed by atoms with Crippen LogP contribution in [0.25, 0.3) is 0 Å². The molecule has 0 heterocycles. The number of amides is 1. The van der Waals surface area contributed by atoms with E-state index < -0.39 is 6.10 Å². The number of aryl methyl sites for hydroxylation is 4. The van der Waals surface area contributed by atoms with Crippen molar-refractivity contribution < 1.29 is 9.53 Å². The van der Waals surface area contributed by atoms with Crippen molar-refractivity contribution in [3.63, 3.8) is 0 Å². The van der Waals surface area contributed by atoms with E-state index in [2.05, 4.69) is 38.2 Å². The first-order valence-corrected chi connectivity index (χ1v) is 8.39. The van der Waals surface area contributed by atoms with Crippen LogP contribution in [0.15, 0.2) is 36.4 Å². The second-order valence-electron chi connectivity index (χ2n) is 6.60. The molecule has 0 spiro atoms. The smallest absolute Gasteiger partial charge is 0.261 e. The van der Waals surface area contributed by atoms with Crippen LogP contribution in [-0.2, 0) is 4.79 Å². The first-order chi connectivity index (χ1) is 11.3. The highest BCUT2D eigenvalue weighted by Crippen LogP contribution is 2.22. The molecule has 24 heavy (non-hydrogen) atoms. The van der Waals surface area contributed by atoms with Gasteiger partial charge in [0.2, 0.25) is 0 Å². The highest BCUT2D eigenvalue weighted by atomic mass is 16.5. The van der Waals surface area contributed by atoms with E-state index in [0.717, 1.165) is 11.1 Å². The summed E-state index contributed by atoms with van der Waals surface area (Å²) in [6, 6.07) is 12.0. The van der Waals surface area contributed by atoms with E-state index in [0.29, 0.717) is 5.75 Å². The molecule has 128 valence electrons. The van der Waals surface area contributed by atoms with Crippen LogP contribution < -0.4 is 10.1 Å². The van der Waals surface area contributed by atoms with E-state index in [9.17, 15) is 4.79 Å². The molecule has 0 unspecified atom stereocenters. The van der Waals surface area contributed by atoms with Gasteiger partial charge in [0.05, 0.1) is 6.04 Å². The Hall–Kier alpha value is -2.29. The van der Waals surface area contributed by atoms with Crippen molar-refractivity contribution >= 4 is 5.91 Å². The molecule has 0 aliphatic carbocycles. The number of nitrogens with one attached hydrogen (secondary N) is 1. The van der Waals surface area contributed by atoms with Gasteiger partial charge in [0.1, 0.15) is 5.75 Å². The van der Waals surface area contributed by atoms with Gasteiger partial charge in [-0.05, 0) is 81.5 Å². The molecule has 0 saturated heterocycles. The van der Waals surface area contributed by atoms with Gasteiger partial charge in [-0.2, -0.15) is 0 Å². The van der Waals surface area contributed by atoms with Crippen LogP contribution in [0.5, 0.6) is 5.75 Å². The first-order valence-electron chi connectivity index (χ1n) is 8.39. The van der Waals surface area contributed by atoms with Crippen LogP contribution in [-0.4, -0.2) is 12.0 Å². The molecule has 3 heteroatoms. The largest absolute Gasteiger partial charge is 0.481 e. The molecular formula is C21H27NO2. The van der Waals surface area contributed by atoms with Crippen LogP contribution in [0.2, 0.25) is 0 Å². The Morgan fingerprint density at radius 3 is 2.29 bits per heavy atom. The zero-order valence-corrected chi connectivity index (χ0v) is 15.4. The topological polar surface area (TPSA) is 38.3 Å². The molecule has 2 aromatic carbocycles. The van der Waals surface area contributed by atoms with Crippen LogP contribution in [0, 0.1) is 27.7 Å². The molecule has 1 N–H and O–H groups in total. The summed E-state index contributed by atoms with van der Waals surface area (Å²) < 4.78 is 5.75. The number of carbonyl (C=O) groups excluding carboxylic acids is 1. The Kier molecular flexibility index (Phi) is 5.66. The van der Waals surface area contributed by atoms with E-state index >= 15 is 0 Å². The van der Waals surface area contributed by atoms with Crippen molar-refractivity contribution in [1.82, 2.24) is 5.32 Å². The van der Waals surface area contributed by atoms with Crippen molar-refractivity contribution in [2.75, 3.05) is 0 Å². The van der Waals surface area contributed by atoms with Gasteiger partial charge >= 0.3 is 0 Å². The SMILES string of the molecule is Cc1cccc(O[C@H](C)C(=O)N[C@@H](C)c2cc(C)c(C)cc2C)c1. The van der Waals surface area contributed by atoms with E-state index in [1.165, 1.54) is 16.7 Å². The third kappa shape index (κ3) is 4.38. The average Bonchev–Trinajstić information content (AvgIpc) is 2.50. The quantitative estimate of drug-likeness (QED) is 0.875. The molecular weight excluding hydrogens is 298 g/mol. The van der Waals surface area contributed by atoms with Gasteiger partial charge in [-0.1, -0.05) is 24.3 Å². The van der Waals surface area contributed by atoms with Crippen molar-refractivity contribution in [3.05, 3.63) is 64.2 Å². The average molecular weight is 325 g/mol. The van der Waals surface area contributed by atoms with Gasteiger partial charge in [-0.15, -0.1) is 0 Å². The lowest BCUT2D eigenvalue weighted by Crippen LogP contribution is -2.38. The van der Waals surface area contributed by atoms with E-state index in [-0.39, 0.29) is 11.9 Å². The number of hydrogen-bond acceptors (Lipinski definition) is 2. The fraction of sp³-hybridized carbons (Fsp3) is 0.381. The second-order valence-corrected chi connectivity index (χ2v) is 6.60. The summed E-state index contributed by atoms with van der Waals surface area (Å²) >= 11 is 0. The maximum absolute atomic E-state index is 12.4. The summed E-state index contributed by atoms with van der Waals surface area (Å²) in [6.07, 6.45) is -0.541. The van der Waals surface area contributed by atoms with Gasteiger partial charge in [0, 0.05) is 0 Å². The minimum atomic E-state index is -0.541. The molecule has 2 rings (SSSR count). The van der Waals surface area contributed by atoms with Gasteiger partial charge in [-0.3, -0.25) is 4.79 Å². The number of benzene rings is 2. The monoisotopic (exact) mass is 325 g/mol. The highest BCUT2D eigenvalue weighted by Gasteiger charge is 2.19. The lowest BCUT2D eigenvalue weighted by molar-refractivity contribution is -0.127. The van der Waals surface area contributed by atoms with E-state index in [1.54, 1.807) is 6.92 Å². The van der Waals surface area contributed by atoms with Crippen LogP contribution in [0.4, 0.5) is 0 Å². The van der Waals surface area contributed by atoms with Crippen LogP contribution >= 0.6 is 0 Å². The molecule has 2 atom stereocenters. The molecule has 0 aliphatic heterocycles. The Morgan fingerprint density at radius 2 is 1.62 bits per heavy atom. The van der Waals surface area contributed by atoms with Gasteiger partial charge in [0.25, 0.3) is 5.91 Å². The number of hydrogen-bond donors (Lipinski definition) is 1. The standard InChI is InChI=1S/C21H27NO2/c1-13-8-7-9-19(10-13)24-18(6)21(23)22-17(5)20-12-15(3)14(2)11-16(20)4/h7-12,17-18H,1-6H3,(H,22,23)/t17-,18+/m0/s1. The minimum absolute atomic E-state index is 0.0552. The predicted octanol–water partition coefficient (Wildman–Crippen LogP) is 4.56. The van der Waals surface area contributed by atoms with Gasteiger partial charge in [-0.25, -0.2) is 0 Å². The molecule has 0 radical (unpaired) electrons. The maximum atomic E-state index is 12.4. The zero-order valence-electron chi connectivity index (χ0n) is 15.4. The Labute approximate surface area is 145 Å². The van der Waals surface area contributed by atoms with Crippen molar-refractivity contribution in [2.45, 2.75) is 53.7 Å². The summed E-state index contributed by atoms with van der Waals surface area (Å²) in [6.45, 7) is 12.1. The Balaban J connectivity index is 2.04. The molecule has 0 aromatic heterocycles. The fourth-order valence-corrected chi connectivity index (χ4v) is 2.80. The maximum Gasteiger partial charge on any atom is 0.261 e. The summed E-state index contributed by atoms with van der Waals surface area (Å²) in [5.74, 6) is 0.606. The lowest BCUT2D eigenvalue weighted by Gasteiger charge is -2.21. The first kappa shape index (κ1) is 18.1. The highest BCUT2D eigenvalue weighted by molar-refractivity contribution is 5.81. The van der Waals surface area contributed by atoms with Gasteiger partial charge < -0.3 is 10.1 Å². The molecule has 0 bridgehead atoms. The molecule has 1 amide bonds. The minimum Gasteiger partial charge on any atom is -0.481 e. The zero-order chi connectivity index (χ0) is 17.9. The Bertz CT molecular complexity index is 737. The van der Waals surface area contributed by atoms with Crippen molar-refractivity contribution in [2.24, 2.45) is 0 Å². The van der Waals surface area contributed by atoms with E-state index in [1.807, 2.05) is 38.1 Å². The third-order valence-corrected chi connectivity index (χ3v) is 4.38. The summed E-state index contributed by atoms with van der Waals surface area (Å²) in [5.41, 5.74) is 5.96. The molecule has 0 saturated carbocycles. The molecule has 0 aliphatic rings. The number of rotatable bonds is 5. The normalized spacial score (nSPS) is 13.2. The predicted molar refractivity (Wildman–Crippen MR) is 98.5 cm³/mol. The van der Waals surface area contributed by atoms with Crippen molar-refractivity contribution in [1.29, 1.82) is 0 Å². The van der Waals surface area contributed by atoms with Crippen LogP contribution in [0.1, 0.15) is 47.7 Å². The summed E-state index contributed by atoms with van der Waals surface area (Å²) in [7, 11) is 0. The van der Waals surface area contributed by atoms with Crippen molar-refractivity contribution in [3.8, 4) is 5.75 Å². The second kappa shape index (κ2) is 7.52. The number of carbonyl (C=O) groups is 1. The summed E-state index contributed by atoms with van der Waals surface area (Å²) in [4.78, 5) is 12.4. The van der Waals surface area contributed by atoms with E-state index in [4.69, 9.17) is 4.74 Å². The fourth-order valence-electron chi connectivity index (χ4n) is 2.80. The number of ether oxygens (including phenoxy) is 1. The molecule has 3 nitrogen and oxygen atoms in total. The lowest BCUT2D eigenvalue weighted by atomic mass is 9.96.